The van der Waals surface area contributed by atoms with Gasteiger partial charge in [-0.15, -0.1) is 0 Å². The van der Waals surface area contributed by atoms with Gasteiger partial charge in [-0.25, -0.2) is 0 Å². The zero-order valence-corrected chi connectivity index (χ0v) is 15.0. The molecule has 0 radical (unpaired) electrons. The first-order valence-electron chi connectivity index (χ1n) is 8.44. The summed E-state index contributed by atoms with van der Waals surface area (Å²) in [5, 5.41) is 12.4. The lowest BCUT2D eigenvalue weighted by molar-refractivity contribution is 0.318. The average Bonchev–Trinajstić information content (AvgIpc) is 3.29. The molecular weight excluding hydrogens is 352 g/mol. The molecule has 0 atom stereocenters. The minimum atomic E-state index is -0.359. The largest absolute Gasteiger partial charge is 0.411 e. The Morgan fingerprint density at radius 1 is 1.23 bits per heavy atom. The second-order valence-corrected chi connectivity index (χ2v) is 7.10. The molecule has 1 aliphatic heterocycles. The number of anilines is 1. The zero-order valence-electron chi connectivity index (χ0n) is 14.2. The lowest BCUT2D eigenvalue weighted by Gasteiger charge is -2.17. The highest BCUT2D eigenvalue weighted by Crippen LogP contribution is 2.29. The number of oxime groups is 1. The van der Waals surface area contributed by atoms with Crippen LogP contribution in [0.15, 0.2) is 39.0 Å². The number of hydrogen-bond acceptors (Lipinski definition) is 6. The summed E-state index contributed by atoms with van der Waals surface area (Å²) >= 11 is 1.21. The standard InChI is InChI=1S/C18H18N4O3S/c1-2-13-15(19-17(23)14-16(13)26-21-18(14)24)10-3-5-12(6-4-10)22-8-7-11(9-22)20-25/h3-6,25H,2,7-9H2,1H3,(H,19,23)(H,21,24)/b20-11-. The van der Waals surface area contributed by atoms with Gasteiger partial charge < -0.3 is 15.1 Å². The van der Waals surface area contributed by atoms with Gasteiger partial charge in [0.15, 0.2) is 0 Å². The van der Waals surface area contributed by atoms with Crippen molar-refractivity contribution in [1.82, 2.24) is 9.36 Å². The summed E-state index contributed by atoms with van der Waals surface area (Å²) in [6.07, 6.45) is 1.47. The molecule has 2 aromatic heterocycles. The highest BCUT2D eigenvalue weighted by molar-refractivity contribution is 7.13. The lowest BCUT2D eigenvalue weighted by Crippen LogP contribution is -2.19. The molecule has 0 spiro atoms. The molecule has 0 amide bonds. The molecule has 3 aromatic rings. The van der Waals surface area contributed by atoms with Gasteiger partial charge in [0.05, 0.1) is 22.7 Å². The topological polar surface area (TPSA) is 102 Å². The molecule has 1 aliphatic rings. The van der Waals surface area contributed by atoms with E-state index >= 15 is 0 Å². The fourth-order valence-corrected chi connectivity index (χ4v) is 4.41. The summed E-state index contributed by atoms with van der Waals surface area (Å²) in [5.74, 6) is 0. The van der Waals surface area contributed by atoms with Gasteiger partial charge in [-0.05, 0) is 29.7 Å². The number of rotatable bonds is 3. The van der Waals surface area contributed by atoms with Gasteiger partial charge in [0.1, 0.15) is 5.39 Å². The monoisotopic (exact) mass is 370 g/mol. The minimum absolute atomic E-state index is 0.208. The van der Waals surface area contributed by atoms with Crippen LogP contribution in [0.25, 0.3) is 21.3 Å². The number of H-pyrrole nitrogens is 2. The van der Waals surface area contributed by atoms with E-state index in [9.17, 15) is 9.59 Å². The summed E-state index contributed by atoms with van der Waals surface area (Å²) < 4.78 is 3.38. The third-order valence-corrected chi connectivity index (χ3v) is 5.74. The molecule has 3 heterocycles. The predicted octanol–water partition coefficient (Wildman–Crippen LogP) is 2.55. The van der Waals surface area contributed by atoms with Crippen LogP contribution in [-0.4, -0.2) is 33.4 Å². The SMILES string of the molecule is CCc1c(-c2ccc(N3CC/C(=N/O)C3)cc2)[nH]c(=O)c2c(=O)[nH]sc12. The lowest BCUT2D eigenvalue weighted by atomic mass is 10.0. The van der Waals surface area contributed by atoms with Gasteiger partial charge in [0.25, 0.3) is 11.1 Å². The Morgan fingerprint density at radius 3 is 2.65 bits per heavy atom. The first-order chi connectivity index (χ1) is 12.6. The Balaban J connectivity index is 1.76. The van der Waals surface area contributed by atoms with E-state index in [1.165, 1.54) is 11.5 Å². The summed E-state index contributed by atoms with van der Waals surface area (Å²) in [4.78, 5) is 29.2. The number of aromatic nitrogens is 2. The van der Waals surface area contributed by atoms with Gasteiger partial charge in [-0.2, -0.15) is 0 Å². The van der Waals surface area contributed by atoms with Gasteiger partial charge in [0.2, 0.25) is 0 Å². The maximum atomic E-state index is 12.4. The molecule has 26 heavy (non-hydrogen) atoms. The summed E-state index contributed by atoms with van der Waals surface area (Å²) in [7, 11) is 0. The molecule has 1 fully saturated rings. The fourth-order valence-electron chi connectivity index (χ4n) is 3.45. The molecule has 0 bridgehead atoms. The Bertz CT molecular complexity index is 1110. The highest BCUT2D eigenvalue weighted by atomic mass is 32.1. The quantitative estimate of drug-likeness (QED) is 0.487. The molecule has 134 valence electrons. The van der Waals surface area contributed by atoms with Crippen molar-refractivity contribution >= 4 is 33.0 Å². The van der Waals surface area contributed by atoms with Crippen LogP contribution in [0, 0.1) is 0 Å². The minimum Gasteiger partial charge on any atom is -0.411 e. The van der Waals surface area contributed by atoms with Gasteiger partial charge in [0, 0.05) is 18.7 Å². The van der Waals surface area contributed by atoms with E-state index in [1.54, 1.807) is 0 Å². The van der Waals surface area contributed by atoms with Gasteiger partial charge in [-0.3, -0.25) is 14.0 Å². The van der Waals surface area contributed by atoms with Crippen molar-refractivity contribution in [2.24, 2.45) is 5.16 Å². The van der Waals surface area contributed by atoms with Crippen LogP contribution in [0.1, 0.15) is 18.9 Å². The van der Waals surface area contributed by atoms with E-state index in [4.69, 9.17) is 5.21 Å². The number of nitrogens with zero attached hydrogens (tertiary/aromatic N) is 2. The highest BCUT2D eigenvalue weighted by Gasteiger charge is 2.19. The van der Waals surface area contributed by atoms with Crippen LogP contribution in [0.5, 0.6) is 0 Å². The van der Waals surface area contributed by atoms with Crippen LogP contribution in [-0.2, 0) is 6.42 Å². The molecule has 0 unspecified atom stereocenters. The summed E-state index contributed by atoms with van der Waals surface area (Å²) in [6.45, 7) is 3.45. The summed E-state index contributed by atoms with van der Waals surface area (Å²) in [6, 6.07) is 7.93. The number of aryl methyl sites for hydroxylation is 1. The molecule has 0 saturated carbocycles. The average molecular weight is 370 g/mol. The van der Waals surface area contributed by atoms with E-state index < -0.39 is 0 Å². The van der Waals surface area contributed by atoms with Crippen molar-refractivity contribution < 1.29 is 5.21 Å². The van der Waals surface area contributed by atoms with Crippen LogP contribution < -0.4 is 16.0 Å². The maximum Gasteiger partial charge on any atom is 0.271 e. The number of nitrogens with one attached hydrogen (secondary N) is 2. The van der Waals surface area contributed by atoms with Crippen molar-refractivity contribution in [3.05, 3.63) is 50.5 Å². The van der Waals surface area contributed by atoms with Gasteiger partial charge >= 0.3 is 0 Å². The second kappa shape index (κ2) is 6.45. The van der Waals surface area contributed by atoms with E-state index in [0.717, 1.165) is 45.9 Å². The third kappa shape index (κ3) is 2.62. The van der Waals surface area contributed by atoms with E-state index in [1.807, 2.05) is 31.2 Å². The van der Waals surface area contributed by atoms with E-state index in [-0.39, 0.29) is 16.5 Å². The third-order valence-electron chi connectivity index (χ3n) is 4.80. The first-order valence-corrected chi connectivity index (χ1v) is 9.25. The van der Waals surface area contributed by atoms with Crippen molar-refractivity contribution in [1.29, 1.82) is 0 Å². The Hall–Kier alpha value is -2.87. The van der Waals surface area contributed by atoms with Crippen LogP contribution >= 0.6 is 11.5 Å². The second-order valence-electron chi connectivity index (χ2n) is 6.28. The van der Waals surface area contributed by atoms with Crippen molar-refractivity contribution in [2.45, 2.75) is 19.8 Å². The predicted molar refractivity (Wildman–Crippen MR) is 104 cm³/mol. The number of benzene rings is 1. The number of fused-ring (bicyclic) bond motifs is 1. The Labute approximate surface area is 152 Å². The molecule has 8 heteroatoms. The van der Waals surface area contributed by atoms with Gasteiger partial charge in [-0.1, -0.05) is 35.7 Å². The van der Waals surface area contributed by atoms with Crippen molar-refractivity contribution in [2.75, 3.05) is 18.0 Å². The molecule has 1 aromatic carbocycles. The molecular formula is C18H18N4O3S. The zero-order chi connectivity index (χ0) is 18.3. The molecule has 3 N–H and O–H groups in total. The molecule has 1 saturated heterocycles. The summed E-state index contributed by atoms with van der Waals surface area (Å²) in [5.41, 5.74) is 3.75. The van der Waals surface area contributed by atoms with Crippen molar-refractivity contribution in [3.8, 4) is 11.3 Å². The smallest absolute Gasteiger partial charge is 0.271 e. The van der Waals surface area contributed by atoms with Crippen LogP contribution in [0.2, 0.25) is 0 Å². The number of hydrogen-bond donors (Lipinski definition) is 3. The first kappa shape index (κ1) is 16.6. The number of pyridine rings is 1. The maximum absolute atomic E-state index is 12.4. The normalized spacial score (nSPS) is 16.0. The molecule has 7 nitrogen and oxygen atoms in total. The van der Waals surface area contributed by atoms with Crippen molar-refractivity contribution in [3.63, 3.8) is 0 Å². The molecule has 0 aliphatic carbocycles. The fraction of sp³-hybridized carbons (Fsp3) is 0.278. The molecule has 4 rings (SSSR count). The van der Waals surface area contributed by atoms with E-state index in [2.05, 4.69) is 19.4 Å². The van der Waals surface area contributed by atoms with Crippen LogP contribution in [0.3, 0.4) is 0 Å². The number of aromatic amines is 2. The van der Waals surface area contributed by atoms with E-state index in [0.29, 0.717) is 13.0 Å². The van der Waals surface area contributed by atoms with Crippen LogP contribution in [0.4, 0.5) is 5.69 Å². The Morgan fingerprint density at radius 2 is 2.00 bits per heavy atom. The Kier molecular flexibility index (Phi) is 4.12.